The maximum Gasteiger partial charge on any atom is 0.261 e. The molecular weight excluding hydrogens is 408 g/mol. The summed E-state index contributed by atoms with van der Waals surface area (Å²) in [5, 5.41) is 15.3. The molecule has 2 fully saturated rings. The number of anilines is 2. The fourth-order valence-corrected chi connectivity index (χ4v) is 4.55. The third-order valence-corrected chi connectivity index (χ3v) is 6.00. The van der Waals surface area contributed by atoms with Crippen LogP contribution in [0.1, 0.15) is 26.7 Å². The van der Waals surface area contributed by atoms with E-state index in [4.69, 9.17) is 9.47 Å². The minimum atomic E-state index is -0.181. The summed E-state index contributed by atoms with van der Waals surface area (Å²) in [5.41, 5.74) is 0. The van der Waals surface area contributed by atoms with Crippen LogP contribution in [0.15, 0.2) is 5.16 Å². The average molecular weight is 437 g/mol. The highest BCUT2D eigenvalue weighted by molar-refractivity contribution is 7.99. The number of piperidine rings is 1. The van der Waals surface area contributed by atoms with E-state index in [0.717, 1.165) is 19.4 Å². The lowest BCUT2D eigenvalue weighted by atomic mass is 9.97. The molecule has 2 aliphatic heterocycles. The van der Waals surface area contributed by atoms with Gasteiger partial charge in [-0.25, -0.2) is 4.40 Å². The van der Waals surface area contributed by atoms with Gasteiger partial charge in [-0.05, 0) is 26.7 Å². The molecule has 2 aromatic heterocycles. The number of amides is 1. The molecule has 11 nitrogen and oxygen atoms in total. The Bertz CT molecular complexity index is 872. The molecule has 164 valence electrons. The summed E-state index contributed by atoms with van der Waals surface area (Å²) >= 11 is 1.35. The number of nitrogens with zero attached hydrogens (tertiary/aromatic N) is 6. The van der Waals surface area contributed by atoms with Gasteiger partial charge in [0.2, 0.25) is 17.8 Å². The summed E-state index contributed by atoms with van der Waals surface area (Å²) in [5.74, 6) is 2.14. The summed E-state index contributed by atoms with van der Waals surface area (Å²) in [4.78, 5) is 23.6. The lowest BCUT2D eigenvalue weighted by Gasteiger charge is -2.34. The van der Waals surface area contributed by atoms with Crippen LogP contribution in [-0.2, 0) is 14.3 Å². The second kappa shape index (κ2) is 9.75. The van der Waals surface area contributed by atoms with Gasteiger partial charge in [-0.15, -0.1) is 10.2 Å². The van der Waals surface area contributed by atoms with Crippen molar-refractivity contribution in [1.82, 2.24) is 29.5 Å². The van der Waals surface area contributed by atoms with Crippen LogP contribution < -0.4 is 10.6 Å². The molecular formula is C18H28N8O3S. The predicted octanol–water partition coefficient (Wildman–Crippen LogP) is 1.09. The number of likely N-dealkylation sites (tertiary alicyclic amines) is 1. The molecule has 0 radical (unpaired) electrons. The van der Waals surface area contributed by atoms with Gasteiger partial charge in [0.25, 0.3) is 5.78 Å². The van der Waals surface area contributed by atoms with Gasteiger partial charge in [0, 0.05) is 32.1 Å². The zero-order valence-electron chi connectivity index (χ0n) is 17.3. The number of hydrogen-bond donors (Lipinski definition) is 2. The molecule has 12 heteroatoms. The Morgan fingerprint density at radius 3 is 2.73 bits per heavy atom. The van der Waals surface area contributed by atoms with E-state index in [1.807, 2.05) is 18.7 Å². The van der Waals surface area contributed by atoms with Gasteiger partial charge >= 0.3 is 0 Å². The molecule has 0 aliphatic carbocycles. The number of carbonyl (C=O) groups excluding carboxylic acids is 1. The zero-order valence-corrected chi connectivity index (χ0v) is 18.2. The van der Waals surface area contributed by atoms with Crippen LogP contribution in [0.4, 0.5) is 11.9 Å². The van der Waals surface area contributed by atoms with Gasteiger partial charge in [0.05, 0.1) is 19.0 Å². The zero-order chi connectivity index (χ0) is 20.9. The van der Waals surface area contributed by atoms with E-state index in [-0.39, 0.29) is 23.9 Å². The van der Waals surface area contributed by atoms with Crippen LogP contribution in [0.5, 0.6) is 0 Å². The SMILES string of the molecule is CCNc1nc(NCC)n2c(SCC(=O)N3CCCC(C4OCCO4)C3)nnc2n1. The molecule has 0 aromatic carbocycles. The van der Waals surface area contributed by atoms with E-state index in [9.17, 15) is 4.79 Å². The number of rotatable bonds is 8. The van der Waals surface area contributed by atoms with E-state index in [2.05, 4.69) is 30.8 Å². The van der Waals surface area contributed by atoms with Crippen molar-refractivity contribution < 1.29 is 14.3 Å². The average Bonchev–Trinajstić information content (AvgIpc) is 3.43. The Hall–Kier alpha value is -2.18. The van der Waals surface area contributed by atoms with Gasteiger partial charge in [-0.1, -0.05) is 11.8 Å². The maximum absolute atomic E-state index is 12.8. The Morgan fingerprint density at radius 1 is 1.17 bits per heavy atom. The van der Waals surface area contributed by atoms with Crippen LogP contribution >= 0.6 is 11.8 Å². The summed E-state index contributed by atoms with van der Waals surface area (Å²) in [6.45, 7) is 8.08. The molecule has 4 rings (SSSR count). The first-order valence-corrected chi connectivity index (χ1v) is 11.4. The number of fused-ring (bicyclic) bond motifs is 1. The maximum atomic E-state index is 12.8. The van der Waals surface area contributed by atoms with Crippen molar-refractivity contribution in [1.29, 1.82) is 0 Å². The lowest BCUT2D eigenvalue weighted by molar-refractivity contribution is -0.136. The Kier molecular flexibility index (Phi) is 6.85. The third-order valence-electron chi connectivity index (χ3n) is 5.08. The van der Waals surface area contributed by atoms with Crippen molar-refractivity contribution >= 4 is 35.3 Å². The van der Waals surface area contributed by atoms with Crippen molar-refractivity contribution in [3.05, 3.63) is 0 Å². The molecule has 2 aromatic rings. The molecule has 2 saturated heterocycles. The highest BCUT2D eigenvalue weighted by Crippen LogP contribution is 2.26. The molecule has 2 aliphatic rings. The fourth-order valence-electron chi connectivity index (χ4n) is 3.72. The second-order valence-electron chi connectivity index (χ2n) is 7.19. The largest absolute Gasteiger partial charge is 0.355 e. The summed E-state index contributed by atoms with van der Waals surface area (Å²) < 4.78 is 13.0. The predicted molar refractivity (Wildman–Crippen MR) is 113 cm³/mol. The summed E-state index contributed by atoms with van der Waals surface area (Å²) in [6, 6.07) is 0. The summed E-state index contributed by atoms with van der Waals surface area (Å²) in [6.07, 6.45) is 1.80. The number of thioether (sulfide) groups is 1. The molecule has 1 unspecified atom stereocenters. The van der Waals surface area contributed by atoms with E-state index in [1.165, 1.54) is 11.8 Å². The lowest BCUT2D eigenvalue weighted by Crippen LogP contribution is -2.44. The number of nitrogens with one attached hydrogen (secondary N) is 2. The van der Waals surface area contributed by atoms with Crippen LogP contribution in [-0.4, -0.2) is 86.8 Å². The van der Waals surface area contributed by atoms with E-state index in [0.29, 0.717) is 55.7 Å². The first-order valence-electron chi connectivity index (χ1n) is 10.4. The normalized spacial score (nSPS) is 20.1. The second-order valence-corrected chi connectivity index (χ2v) is 8.13. The van der Waals surface area contributed by atoms with Gasteiger partial charge in [0.15, 0.2) is 11.4 Å². The van der Waals surface area contributed by atoms with E-state index in [1.54, 1.807) is 4.40 Å². The van der Waals surface area contributed by atoms with Crippen molar-refractivity contribution in [3.63, 3.8) is 0 Å². The quantitative estimate of drug-likeness (QED) is 0.582. The topological polar surface area (TPSA) is 119 Å². The molecule has 0 saturated carbocycles. The van der Waals surface area contributed by atoms with Crippen molar-refractivity contribution in [3.8, 4) is 0 Å². The number of carbonyl (C=O) groups is 1. The Labute approximate surface area is 179 Å². The first-order chi connectivity index (χ1) is 14.7. The highest BCUT2D eigenvalue weighted by atomic mass is 32.2. The van der Waals surface area contributed by atoms with Gasteiger partial charge in [-0.2, -0.15) is 9.97 Å². The van der Waals surface area contributed by atoms with E-state index >= 15 is 0 Å². The third kappa shape index (κ3) is 4.60. The molecule has 1 atom stereocenters. The molecule has 0 spiro atoms. The van der Waals surface area contributed by atoms with Crippen LogP contribution in [0, 0.1) is 5.92 Å². The van der Waals surface area contributed by atoms with Crippen LogP contribution in [0.2, 0.25) is 0 Å². The number of hydrogen-bond acceptors (Lipinski definition) is 10. The molecule has 0 bridgehead atoms. The number of aromatic nitrogens is 5. The first kappa shape index (κ1) is 21.1. The van der Waals surface area contributed by atoms with E-state index < -0.39 is 0 Å². The summed E-state index contributed by atoms with van der Waals surface area (Å²) in [7, 11) is 0. The Balaban J connectivity index is 1.43. The fraction of sp³-hybridized carbons (Fsp3) is 0.722. The molecule has 4 heterocycles. The molecule has 30 heavy (non-hydrogen) atoms. The van der Waals surface area contributed by atoms with Gasteiger partial charge in [0.1, 0.15) is 0 Å². The minimum Gasteiger partial charge on any atom is -0.355 e. The van der Waals surface area contributed by atoms with Crippen LogP contribution in [0.3, 0.4) is 0 Å². The highest BCUT2D eigenvalue weighted by Gasteiger charge is 2.32. The molecule has 2 N–H and O–H groups in total. The smallest absolute Gasteiger partial charge is 0.261 e. The minimum absolute atomic E-state index is 0.0784. The Morgan fingerprint density at radius 2 is 1.97 bits per heavy atom. The van der Waals surface area contributed by atoms with Crippen molar-refractivity contribution in [2.45, 2.75) is 38.1 Å². The van der Waals surface area contributed by atoms with Crippen molar-refractivity contribution in [2.24, 2.45) is 5.92 Å². The van der Waals surface area contributed by atoms with Gasteiger partial charge < -0.3 is 25.0 Å². The number of ether oxygens (including phenoxy) is 2. The van der Waals surface area contributed by atoms with Crippen molar-refractivity contribution in [2.75, 3.05) is 55.8 Å². The molecule has 1 amide bonds. The standard InChI is InChI=1S/C18H28N8O3S/c1-3-19-15-21-16(20-4-2)26-17(22-15)23-24-18(26)30-11-13(27)25-7-5-6-12(10-25)14-28-8-9-29-14/h12,14H,3-11H2,1-2H3,(H2,19,20,21,22,23). The van der Waals surface area contributed by atoms with Gasteiger partial charge in [-0.3, -0.25) is 4.79 Å². The monoisotopic (exact) mass is 436 g/mol. The van der Waals surface area contributed by atoms with Crippen LogP contribution in [0.25, 0.3) is 5.78 Å².